The Balaban J connectivity index is 1.86. The second kappa shape index (κ2) is 6.22. The zero-order valence-electron chi connectivity index (χ0n) is 12.4. The average molecular weight is 283 g/mol. The predicted octanol–water partition coefficient (Wildman–Crippen LogP) is 2.45. The first kappa shape index (κ1) is 14.0. The molecule has 0 bridgehead atoms. The summed E-state index contributed by atoms with van der Waals surface area (Å²) in [6.07, 6.45) is 2.04. The lowest BCUT2D eigenvalue weighted by atomic mass is 10.0. The Bertz CT molecular complexity index is 635. The molecule has 0 unspecified atom stereocenters. The first-order chi connectivity index (χ1) is 10.3. The summed E-state index contributed by atoms with van der Waals surface area (Å²) in [7, 11) is 0. The second-order valence-corrected chi connectivity index (χ2v) is 5.46. The monoisotopic (exact) mass is 283 g/mol. The lowest BCUT2D eigenvalue weighted by molar-refractivity contribution is 0.0650. The van der Waals surface area contributed by atoms with Gasteiger partial charge in [0.25, 0.3) is 5.91 Å². The third-order valence-electron chi connectivity index (χ3n) is 4.17. The summed E-state index contributed by atoms with van der Waals surface area (Å²) in [5.41, 5.74) is 1.43. The number of carbonyl (C=O) groups is 1. The molecule has 0 radical (unpaired) electrons. The molecule has 0 atom stereocenters. The van der Waals surface area contributed by atoms with Crippen LogP contribution in [-0.2, 0) is 0 Å². The van der Waals surface area contributed by atoms with Crippen molar-refractivity contribution in [1.29, 1.82) is 0 Å². The fraction of sp³-hybridized carbons (Fsp3) is 0.412. The van der Waals surface area contributed by atoms with Gasteiger partial charge in [-0.15, -0.1) is 0 Å². The molecule has 110 valence electrons. The Morgan fingerprint density at radius 3 is 2.76 bits per heavy atom. The largest absolute Gasteiger partial charge is 0.335 e. The van der Waals surface area contributed by atoms with Crippen LogP contribution in [0.3, 0.4) is 0 Å². The molecule has 1 N–H and O–H groups in total. The fourth-order valence-corrected chi connectivity index (χ4v) is 3.02. The van der Waals surface area contributed by atoms with Crippen molar-refractivity contribution in [3.8, 4) is 0 Å². The molecule has 1 saturated heterocycles. The van der Waals surface area contributed by atoms with Crippen LogP contribution in [0.25, 0.3) is 10.9 Å². The molecule has 4 nitrogen and oxygen atoms in total. The van der Waals surface area contributed by atoms with Crippen LogP contribution in [0.1, 0.15) is 30.3 Å². The molecular formula is C17H21N3O. The summed E-state index contributed by atoms with van der Waals surface area (Å²) in [5, 5.41) is 4.41. The summed E-state index contributed by atoms with van der Waals surface area (Å²) in [6, 6.07) is 12.1. The van der Waals surface area contributed by atoms with Gasteiger partial charge in [-0.25, -0.2) is 4.98 Å². The SMILES string of the molecule is CCN(C(=O)c1ccc2ccccc2n1)C1CCNCC1. The predicted molar refractivity (Wildman–Crippen MR) is 84.3 cm³/mol. The number of benzene rings is 1. The van der Waals surface area contributed by atoms with E-state index in [1.54, 1.807) is 0 Å². The van der Waals surface area contributed by atoms with Crippen molar-refractivity contribution in [2.45, 2.75) is 25.8 Å². The molecule has 0 saturated carbocycles. The van der Waals surface area contributed by atoms with Crippen LogP contribution in [0.2, 0.25) is 0 Å². The van der Waals surface area contributed by atoms with E-state index in [9.17, 15) is 4.79 Å². The van der Waals surface area contributed by atoms with Gasteiger partial charge in [0, 0.05) is 18.0 Å². The molecule has 4 heteroatoms. The number of hydrogen-bond donors (Lipinski definition) is 1. The Morgan fingerprint density at radius 1 is 1.24 bits per heavy atom. The highest BCUT2D eigenvalue weighted by molar-refractivity contribution is 5.95. The third-order valence-corrected chi connectivity index (χ3v) is 4.17. The Labute approximate surface area is 125 Å². The maximum absolute atomic E-state index is 12.8. The van der Waals surface area contributed by atoms with Crippen LogP contribution < -0.4 is 5.32 Å². The van der Waals surface area contributed by atoms with Gasteiger partial charge in [-0.1, -0.05) is 24.3 Å². The summed E-state index contributed by atoms with van der Waals surface area (Å²) in [6.45, 7) is 4.75. The highest BCUT2D eigenvalue weighted by atomic mass is 16.2. The Kier molecular flexibility index (Phi) is 4.15. The van der Waals surface area contributed by atoms with Gasteiger partial charge in [0.15, 0.2) is 0 Å². The van der Waals surface area contributed by atoms with Gasteiger partial charge in [-0.3, -0.25) is 4.79 Å². The summed E-state index contributed by atoms with van der Waals surface area (Å²) in [4.78, 5) is 19.3. The van der Waals surface area contributed by atoms with Crippen LogP contribution in [0.4, 0.5) is 0 Å². The van der Waals surface area contributed by atoms with E-state index in [0.717, 1.165) is 43.4 Å². The number of pyridine rings is 1. The summed E-state index contributed by atoms with van der Waals surface area (Å²) >= 11 is 0. The van der Waals surface area contributed by atoms with E-state index in [2.05, 4.69) is 10.3 Å². The van der Waals surface area contributed by atoms with Gasteiger partial charge < -0.3 is 10.2 Å². The van der Waals surface area contributed by atoms with E-state index in [1.807, 2.05) is 48.2 Å². The van der Waals surface area contributed by atoms with E-state index < -0.39 is 0 Å². The zero-order valence-corrected chi connectivity index (χ0v) is 12.4. The quantitative estimate of drug-likeness (QED) is 0.941. The lowest BCUT2D eigenvalue weighted by Crippen LogP contribution is -2.46. The van der Waals surface area contributed by atoms with E-state index in [0.29, 0.717) is 11.7 Å². The number of fused-ring (bicyclic) bond motifs is 1. The van der Waals surface area contributed by atoms with E-state index in [4.69, 9.17) is 0 Å². The van der Waals surface area contributed by atoms with Crippen LogP contribution >= 0.6 is 0 Å². The normalized spacial score (nSPS) is 16.0. The molecule has 1 aromatic carbocycles. The van der Waals surface area contributed by atoms with Crippen molar-refractivity contribution in [3.63, 3.8) is 0 Å². The lowest BCUT2D eigenvalue weighted by Gasteiger charge is -2.33. The molecule has 0 spiro atoms. The highest BCUT2D eigenvalue weighted by Crippen LogP contribution is 2.17. The number of piperidine rings is 1. The minimum atomic E-state index is 0.0511. The van der Waals surface area contributed by atoms with Crippen molar-refractivity contribution >= 4 is 16.8 Å². The molecule has 1 fully saturated rings. The van der Waals surface area contributed by atoms with Gasteiger partial charge >= 0.3 is 0 Å². The van der Waals surface area contributed by atoms with Crippen molar-refractivity contribution in [2.75, 3.05) is 19.6 Å². The van der Waals surface area contributed by atoms with Gasteiger partial charge in [-0.2, -0.15) is 0 Å². The number of nitrogens with zero attached hydrogens (tertiary/aromatic N) is 2. The van der Waals surface area contributed by atoms with Crippen LogP contribution in [-0.4, -0.2) is 41.5 Å². The number of para-hydroxylation sites is 1. The minimum Gasteiger partial charge on any atom is -0.335 e. The topological polar surface area (TPSA) is 45.2 Å². The minimum absolute atomic E-state index is 0.0511. The molecule has 3 rings (SSSR count). The molecule has 1 aromatic heterocycles. The number of aromatic nitrogens is 1. The Morgan fingerprint density at radius 2 is 2.00 bits per heavy atom. The summed E-state index contributed by atoms with van der Waals surface area (Å²) in [5.74, 6) is 0.0511. The van der Waals surface area contributed by atoms with Gasteiger partial charge in [0.1, 0.15) is 5.69 Å². The molecule has 2 heterocycles. The molecule has 2 aromatic rings. The number of carbonyl (C=O) groups excluding carboxylic acids is 1. The molecule has 21 heavy (non-hydrogen) atoms. The smallest absolute Gasteiger partial charge is 0.272 e. The van der Waals surface area contributed by atoms with Crippen molar-refractivity contribution in [3.05, 3.63) is 42.1 Å². The molecule has 1 amide bonds. The Hall–Kier alpha value is -1.94. The van der Waals surface area contributed by atoms with E-state index >= 15 is 0 Å². The summed E-state index contributed by atoms with van der Waals surface area (Å²) < 4.78 is 0. The number of nitrogens with one attached hydrogen (secondary N) is 1. The van der Waals surface area contributed by atoms with Gasteiger partial charge in [-0.05, 0) is 45.0 Å². The van der Waals surface area contributed by atoms with Crippen LogP contribution in [0.5, 0.6) is 0 Å². The third kappa shape index (κ3) is 2.90. The van der Waals surface area contributed by atoms with Crippen LogP contribution in [0.15, 0.2) is 36.4 Å². The van der Waals surface area contributed by atoms with Crippen molar-refractivity contribution in [1.82, 2.24) is 15.2 Å². The highest BCUT2D eigenvalue weighted by Gasteiger charge is 2.25. The van der Waals surface area contributed by atoms with Crippen molar-refractivity contribution in [2.24, 2.45) is 0 Å². The standard InChI is InChI=1S/C17H21N3O/c1-2-20(14-9-11-18-12-10-14)17(21)16-8-7-13-5-3-4-6-15(13)19-16/h3-8,14,18H,2,9-12H2,1H3. The number of amides is 1. The van der Waals surface area contributed by atoms with E-state index in [-0.39, 0.29) is 5.91 Å². The number of rotatable bonds is 3. The first-order valence-corrected chi connectivity index (χ1v) is 7.67. The van der Waals surface area contributed by atoms with Crippen LogP contribution in [0, 0.1) is 0 Å². The molecule has 0 aliphatic carbocycles. The van der Waals surface area contributed by atoms with Gasteiger partial charge in [0.05, 0.1) is 5.52 Å². The first-order valence-electron chi connectivity index (χ1n) is 7.67. The fourth-order valence-electron chi connectivity index (χ4n) is 3.02. The molecule has 1 aliphatic rings. The van der Waals surface area contributed by atoms with Gasteiger partial charge in [0.2, 0.25) is 0 Å². The van der Waals surface area contributed by atoms with E-state index in [1.165, 1.54) is 0 Å². The maximum Gasteiger partial charge on any atom is 0.272 e. The molecule has 1 aliphatic heterocycles. The molecular weight excluding hydrogens is 262 g/mol. The maximum atomic E-state index is 12.8. The second-order valence-electron chi connectivity index (χ2n) is 5.46. The average Bonchev–Trinajstić information content (AvgIpc) is 2.56. The van der Waals surface area contributed by atoms with Crippen molar-refractivity contribution < 1.29 is 4.79 Å². The zero-order chi connectivity index (χ0) is 14.7. The number of hydrogen-bond acceptors (Lipinski definition) is 3.